The molecule has 0 spiro atoms. The predicted octanol–water partition coefficient (Wildman–Crippen LogP) is 0.768. The van der Waals surface area contributed by atoms with Gasteiger partial charge in [-0.3, -0.25) is 9.59 Å². The Hall–Kier alpha value is -2.83. The third kappa shape index (κ3) is 2.33. The number of aromatic hydroxyl groups is 1. The maximum Gasteiger partial charge on any atom is 0.275 e. The van der Waals surface area contributed by atoms with Crippen molar-refractivity contribution in [3.05, 3.63) is 40.3 Å². The van der Waals surface area contributed by atoms with Gasteiger partial charge in [0.1, 0.15) is 17.2 Å². The molecule has 0 unspecified atom stereocenters. The zero-order valence-corrected chi connectivity index (χ0v) is 10.9. The van der Waals surface area contributed by atoms with Gasteiger partial charge in [-0.1, -0.05) is 0 Å². The van der Waals surface area contributed by atoms with E-state index in [9.17, 15) is 14.7 Å². The van der Waals surface area contributed by atoms with Crippen molar-refractivity contribution in [2.45, 2.75) is 0 Å². The Kier molecular flexibility index (Phi) is 3.69. The van der Waals surface area contributed by atoms with E-state index < -0.39 is 11.3 Å². The molecule has 0 bridgehead atoms. The van der Waals surface area contributed by atoms with Crippen molar-refractivity contribution in [3.63, 3.8) is 0 Å². The number of rotatable bonds is 4. The van der Waals surface area contributed by atoms with Gasteiger partial charge in [0.05, 0.1) is 14.2 Å². The van der Waals surface area contributed by atoms with Gasteiger partial charge in [0.2, 0.25) is 0 Å². The number of hydrogen-bond donors (Lipinski definition) is 1. The molecule has 2 rings (SSSR count). The zero-order valence-electron chi connectivity index (χ0n) is 10.9. The molecule has 0 saturated carbocycles. The van der Waals surface area contributed by atoms with Crippen molar-refractivity contribution in [1.82, 2.24) is 9.78 Å². The Morgan fingerprint density at radius 2 is 2.00 bits per heavy atom. The summed E-state index contributed by atoms with van der Waals surface area (Å²) in [5.74, 6) is 0.404. The first-order valence-electron chi connectivity index (χ1n) is 5.61. The number of carbonyl (C=O) groups is 1. The summed E-state index contributed by atoms with van der Waals surface area (Å²) < 4.78 is 11.2. The van der Waals surface area contributed by atoms with Crippen molar-refractivity contribution in [1.29, 1.82) is 0 Å². The maximum atomic E-state index is 11.9. The van der Waals surface area contributed by atoms with Crippen LogP contribution in [0.15, 0.2) is 29.1 Å². The van der Waals surface area contributed by atoms with Crippen molar-refractivity contribution < 1.29 is 19.4 Å². The highest BCUT2D eigenvalue weighted by molar-refractivity contribution is 5.75. The molecule has 0 aliphatic heterocycles. The monoisotopic (exact) mass is 276 g/mol. The van der Waals surface area contributed by atoms with Crippen LogP contribution in [-0.2, 0) is 0 Å². The summed E-state index contributed by atoms with van der Waals surface area (Å²) in [6.07, 6.45) is 0.359. The van der Waals surface area contributed by atoms with Crippen LogP contribution in [0.5, 0.6) is 17.2 Å². The predicted molar refractivity (Wildman–Crippen MR) is 70.0 cm³/mol. The number of aromatic nitrogens is 2. The van der Waals surface area contributed by atoms with E-state index in [0.29, 0.717) is 23.5 Å². The van der Waals surface area contributed by atoms with Crippen LogP contribution in [0.4, 0.5) is 0 Å². The van der Waals surface area contributed by atoms with Crippen molar-refractivity contribution >= 4 is 6.29 Å². The number of benzene rings is 1. The lowest BCUT2D eigenvalue weighted by Gasteiger charge is -2.12. The van der Waals surface area contributed by atoms with Crippen LogP contribution >= 0.6 is 0 Å². The van der Waals surface area contributed by atoms with E-state index in [1.54, 1.807) is 18.2 Å². The molecule has 104 valence electrons. The summed E-state index contributed by atoms with van der Waals surface area (Å²) in [5.41, 5.74) is -0.533. The number of ether oxygens (including phenoxy) is 2. The second-order valence-electron chi connectivity index (χ2n) is 3.82. The minimum absolute atomic E-state index is 0.241. The maximum absolute atomic E-state index is 11.9. The molecule has 0 radical (unpaired) electrons. The first-order chi connectivity index (χ1) is 9.60. The second kappa shape index (κ2) is 5.43. The van der Waals surface area contributed by atoms with E-state index in [-0.39, 0.29) is 5.69 Å². The Labute approximate surface area is 114 Å². The minimum Gasteiger partial charge on any atom is -0.505 e. The summed E-state index contributed by atoms with van der Waals surface area (Å²) in [6.45, 7) is 0. The van der Waals surface area contributed by atoms with Crippen LogP contribution in [0.1, 0.15) is 10.5 Å². The first kappa shape index (κ1) is 13.6. The molecule has 20 heavy (non-hydrogen) atoms. The second-order valence-corrected chi connectivity index (χ2v) is 3.82. The van der Waals surface area contributed by atoms with Gasteiger partial charge in [-0.2, -0.15) is 9.78 Å². The van der Waals surface area contributed by atoms with Crippen LogP contribution < -0.4 is 15.0 Å². The highest BCUT2D eigenvalue weighted by Crippen LogP contribution is 2.26. The standard InChI is InChI=1S/C13H12N2O5/c1-19-8-3-4-12(20-2)10(5-8)15-13(18)6-11(17)9(7-16)14-15/h3-7,17H,1-2H3. The molecule has 1 N–H and O–H groups in total. The van der Waals surface area contributed by atoms with Crippen LogP contribution in [0.25, 0.3) is 5.69 Å². The molecular weight excluding hydrogens is 264 g/mol. The molecule has 1 heterocycles. The lowest BCUT2D eigenvalue weighted by molar-refractivity contribution is 0.111. The van der Waals surface area contributed by atoms with Gasteiger partial charge in [0.25, 0.3) is 5.56 Å². The van der Waals surface area contributed by atoms with Crippen LogP contribution in [0.2, 0.25) is 0 Å². The molecule has 0 aliphatic rings. The fourth-order valence-electron chi connectivity index (χ4n) is 1.68. The van der Waals surface area contributed by atoms with Gasteiger partial charge in [0.15, 0.2) is 17.7 Å². The number of aldehydes is 1. The Bertz CT molecular complexity index is 708. The average Bonchev–Trinajstić information content (AvgIpc) is 2.47. The quantitative estimate of drug-likeness (QED) is 0.829. The van der Waals surface area contributed by atoms with Crippen molar-refractivity contribution in [3.8, 4) is 22.9 Å². The highest BCUT2D eigenvalue weighted by Gasteiger charge is 2.13. The van der Waals surface area contributed by atoms with E-state index in [4.69, 9.17) is 9.47 Å². The molecule has 7 heteroatoms. The summed E-state index contributed by atoms with van der Waals surface area (Å²) in [5, 5.41) is 13.2. The van der Waals surface area contributed by atoms with Crippen molar-refractivity contribution in [2.75, 3.05) is 14.2 Å². The van der Waals surface area contributed by atoms with Gasteiger partial charge in [0, 0.05) is 12.1 Å². The highest BCUT2D eigenvalue weighted by atomic mass is 16.5. The van der Waals surface area contributed by atoms with Gasteiger partial charge in [-0.15, -0.1) is 0 Å². The van der Waals surface area contributed by atoms with Gasteiger partial charge in [-0.05, 0) is 12.1 Å². The lowest BCUT2D eigenvalue weighted by Crippen LogP contribution is -2.22. The van der Waals surface area contributed by atoms with Gasteiger partial charge in [-0.25, -0.2) is 0 Å². The fraction of sp³-hybridized carbons (Fsp3) is 0.154. The molecule has 1 aromatic carbocycles. The third-order valence-electron chi connectivity index (χ3n) is 2.66. The van der Waals surface area contributed by atoms with E-state index in [1.165, 1.54) is 14.2 Å². The minimum atomic E-state index is -0.598. The van der Waals surface area contributed by atoms with Crippen LogP contribution in [0.3, 0.4) is 0 Å². The largest absolute Gasteiger partial charge is 0.505 e. The smallest absolute Gasteiger partial charge is 0.275 e. The molecular formula is C13H12N2O5. The number of nitrogens with zero attached hydrogens (tertiary/aromatic N) is 2. The van der Waals surface area contributed by atoms with E-state index in [1.807, 2.05) is 0 Å². The van der Waals surface area contributed by atoms with E-state index >= 15 is 0 Å². The van der Waals surface area contributed by atoms with Gasteiger partial charge < -0.3 is 14.6 Å². The van der Waals surface area contributed by atoms with E-state index in [2.05, 4.69) is 5.10 Å². The van der Waals surface area contributed by atoms with Crippen LogP contribution in [0, 0.1) is 0 Å². The van der Waals surface area contributed by atoms with Crippen LogP contribution in [-0.4, -0.2) is 35.4 Å². The molecule has 0 amide bonds. The number of methoxy groups -OCH3 is 2. The molecule has 0 aliphatic carbocycles. The normalized spacial score (nSPS) is 10.1. The fourth-order valence-corrected chi connectivity index (χ4v) is 1.68. The SMILES string of the molecule is COc1ccc(OC)c(-n2nc(C=O)c(O)cc2=O)c1. The molecule has 2 aromatic rings. The lowest BCUT2D eigenvalue weighted by atomic mass is 10.2. The first-order valence-corrected chi connectivity index (χ1v) is 5.61. The number of carbonyl (C=O) groups excluding carboxylic acids is 1. The topological polar surface area (TPSA) is 90.7 Å². The molecule has 1 aromatic heterocycles. The summed E-state index contributed by atoms with van der Waals surface area (Å²) in [4.78, 5) is 22.7. The molecule has 0 atom stereocenters. The van der Waals surface area contributed by atoms with Crippen molar-refractivity contribution in [2.24, 2.45) is 0 Å². The third-order valence-corrected chi connectivity index (χ3v) is 2.66. The van der Waals surface area contributed by atoms with Gasteiger partial charge >= 0.3 is 0 Å². The summed E-state index contributed by atoms with van der Waals surface area (Å²) in [7, 11) is 2.92. The summed E-state index contributed by atoms with van der Waals surface area (Å²) in [6, 6.07) is 5.72. The zero-order chi connectivity index (χ0) is 14.7. The molecule has 7 nitrogen and oxygen atoms in total. The Morgan fingerprint density at radius 3 is 2.60 bits per heavy atom. The Balaban J connectivity index is 2.72. The molecule has 0 fully saturated rings. The summed E-state index contributed by atoms with van der Waals surface area (Å²) >= 11 is 0. The molecule has 0 saturated heterocycles. The van der Waals surface area contributed by atoms with E-state index in [0.717, 1.165) is 10.7 Å². The number of hydrogen-bond acceptors (Lipinski definition) is 6. The average molecular weight is 276 g/mol. The Morgan fingerprint density at radius 1 is 1.25 bits per heavy atom.